The third-order valence-corrected chi connectivity index (χ3v) is 51.7. The van der Waals surface area contributed by atoms with E-state index >= 15 is 0 Å². The van der Waals surface area contributed by atoms with Crippen LogP contribution in [0.1, 0.15) is 0 Å². The van der Waals surface area contributed by atoms with Crippen molar-refractivity contribution in [2.75, 3.05) is 39.5 Å². The maximum Gasteiger partial charge on any atom is 0.256 e. The molecule has 0 heterocycles. The van der Waals surface area contributed by atoms with Gasteiger partial charge in [-0.15, -0.1) is 134 Å². The smallest absolute Gasteiger partial charge is 0.256 e. The van der Waals surface area contributed by atoms with Crippen molar-refractivity contribution in [3.63, 3.8) is 0 Å². The minimum Gasteiger partial charge on any atom is -0.395 e. The van der Waals surface area contributed by atoms with E-state index in [2.05, 4.69) is 463 Å². The van der Waals surface area contributed by atoms with Crippen LogP contribution in [0.3, 0.4) is 0 Å². The van der Waals surface area contributed by atoms with Crippen molar-refractivity contribution in [3.05, 3.63) is 0 Å². The molecule has 5 N–H and O–H groups in total. The molecule has 0 aromatic rings. The van der Waals surface area contributed by atoms with Gasteiger partial charge in [0.05, 0.1) is 48.1 Å². The number of rotatable bonds is 32. The van der Waals surface area contributed by atoms with Crippen LogP contribution in [0.25, 0.3) is 0 Å². The minimum absolute atomic E-state index is 0.144. The zero-order valence-electron chi connectivity index (χ0n) is 29.0. The third kappa shape index (κ3) is 28.0. The Morgan fingerprint density at radius 1 is 0.357 bits per heavy atom. The lowest BCUT2D eigenvalue weighted by Crippen LogP contribution is -2.69. The van der Waals surface area contributed by atoms with Crippen LogP contribution in [-0.2, 0) is 0 Å². The lowest BCUT2D eigenvalue weighted by atomic mass is 8.83. The molecule has 0 radical (unpaired) electrons. The molecule has 0 fully saturated rings. The fourth-order valence-electron chi connectivity index (χ4n) is 5.22. The summed E-state index contributed by atoms with van der Waals surface area (Å²) < 4.78 is 10.6. The van der Waals surface area contributed by atoms with Crippen LogP contribution in [-0.4, -0.2) is 176 Å². The van der Waals surface area contributed by atoms with Gasteiger partial charge in [-0.1, -0.05) is 0 Å². The van der Waals surface area contributed by atoms with Crippen molar-refractivity contribution >= 4 is 564 Å². The van der Waals surface area contributed by atoms with Gasteiger partial charge < -0.3 is 30.5 Å². The molecule has 0 aliphatic rings. The molecule has 0 bridgehead atoms. The first kappa shape index (κ1) is 71.9. The zero-order valence-corrected chi connectivity index (χ0v) is 72.1. The zero-order chi connectivity index (χ0) is 43.6. The maximum atomic E-state index is 10.4. The SMILES string of the molecule is OCCNB(B(I)B(I)BBB(I)I)B(I)B(I)B(I)B(I)B(I)B(I)N(CCO)B(I)B(I)B(I)B(I)B(I)B(I)B(NCCO)B(I)B(I)BBB(I)I. The van der Waals surface area contributed by atoms with Crippen LogP contribution in [0.5, 0.6) is 0 Å². The fraction of sp³-hybridized carbons (Fsp3) is 1.00. The first-order valence-corrected chi connectivity index (χ1v) is 41.8. The monoisotopic (exact) mass is 2990 g/mol. The van der Waals surface area contributed by atoms with E-state index in [9.17, 15) is 15.3 Å². The molecule has 0 unspecified atom stereocenters. The molecule has 0 aromatic heterocycles. The van der Waals surface area contributed by atoms with E-state index < -0.39 is 0 Å². The Morgan fingerprint density at radius 2 is 0.643 bits per heavy atom. The van der Waals surface area contributed by atoms with Crippen LogP contribution in [0.4, 0.5) is 0 Å². The summed E-state index contributed by atoms with van der Waals surface area (Å²) >= 11 is 53.3. The summed E-state index contributed by atoms with van der Waals surface area (Å²) in [6, 6.07) is 0. The quantitative estimate of drug-likeness (QED) is 0.0494. The van der Waals surface area contributed by atoms with E-state index in [4.69, 9.17) is 0 Å². The number of hydrogen-bond donors (Lipinski definition) is 5. The molecule has 0 aromatic carbocycles. The molecule has 0 saturated carbocycles. The maximum absolute atomic E-state index is 10.4. The normalized spacial score (nSPS) is 10.4. The van der Waals surface area contributed by atoms with Crippen molar-refractivity contribution in [2.45, 2.75) is 0 Å². The summed E-state index contributed by atoms with van der Waals surface area (Å²) in [5.74, 6) is 0. The Morgan fingerprint density at radius 3 is 0.911 bits per heavy atom. The summed E-state index contributed by atoms with van der Waals surface area (Å²) in [6.07, 6.45) is 0. The fourth-order valence-corrected chi connectivity index (χ4v) is 30.4. The molecule has 6 nitrogen and oxygen atoms in total. The van der Waals surface area contributed by atoms with Crippen molar-refractivity contribution in [2.24, 2.45) is 0 Å². The minimum atomic E-state index is 0.144. The predicted molar refractivity (Wildman–Crippen MR) is 468 cm³/mol. The van der Waals surface area contributed by atoms with Crippen LogP contribution in [0.2, 0.25) is 0 Å². The van der Waals surface area contributed by atoms with Gasteiger partial charge in [0, 0.05) is 19.6 Å². The molecule has 0 amide bonds. The number of halogens is 20. The van der Waals surface area contributed by atoms with Crippen molar-refractivity contribution in [1.82, 2.24) is 15.2 Å². The van der Waals surface area contributed by atoms with E-state index in [0.29, 0.717) is 98.4 Å². The highest BCUT2D eigenvalue weighted by atomic mass is 127. The average molecular weight is 2980 g/mol. The van der Waals surface area contributed by atoms with E-state index in [1.807, 2.05) is 0 Å². The Labute approximate surface area is 616 Å². The van der Waals surface area contributed by atoms with E-state index in [1.54, 1.807) is 0 Å². The van der Waals surface area contributed by atoms with Gasteiger partial charge in [0.1, 0.15) is 0 Å². The predicted octanol–water partition coefficient (Wildman–Crippen LogP) is 4.78. The molecular formula is C6H21B24I20N3O3. The number of nitrogens with one attached hydrogen (secondary N) is 2. The summed E-state index contributed by atoms with van der Waals surface area (Å²) in [4.78, 5) is 0. The van der Waals surface area contributed by atoms with Gasteiger partial charge in [-0.05, 0) is 0 Å². The Kier molecular flexibility index (Phi) is 53.9. The molecular weight excluding hydrogens is 2960 g/mol. The van der Waals surface area contributed by atoms with Crippen LogP contribution in [0, 0.1) is 0 Å². The summed E-state index contributed by atoms with van der Waals surface area (Å²) in [7, 11) is 4.84. The second-order valence-corrected chi connectivity index (χ2v) is 46.2. The Balaban J connectivity index is 6.04. The number of hydrogen-bond acceptors (Lipinski definition) is 6. The lowest BCUT2D eigenvalue weighted by Gasteiger charge is -2.35. The molecule has 0 aliphatic heterocycles. The molecule has 290 valence electrons. The second kappa shape index (κ2) is 41.9. The molecule has 0 spiro atoms. The van der Waals surface area contributed by atoms with Crippen molar-refractivity contribution < 1.29 is 15.3 Å². The largest absolute Gasteiger partial charge is 0.395 e. The van der Waals surface area contributed by atoms with Gasteiger partial charge in [0.2, 0.25) is 4.63 Å². The second-order valence-electron chi connectivity index (χ2n) is 12.4. The number of aliphatic hydroxyl groups excluding tert-OH is 3. The topological polar surface area (TPSA) is 88.0 Å². The standard InChI is InChI=1S/C6H21B24I20N3O3/c31-11(7-9-13(33)34)15(37)27(51-1-4-54)23(45)19(41)17(39)21(43)25(47)29(49)53(3-6-56)30(50)26(48)22(44)18(40)20(42)24(46)28(52-2-5-55)16(38)12(32)8-10-14(35)36/h7-10,51-52,54-56H,1-6H2. The van der Waals surface area contributed by atoms with Crippen LogP contribution >= 0.6 is 447 Å². The summed E-state index contributed by atoms with van der Waals surface area (Å²) in [6.45, 7) is 2.97. The Hall–Kier alpha value is 15.9. The first-order valence-electron chi connectivity index (χ1n) is 16.9. The van der Waals surface area contributed by atoms with Crippen molar-refractivity contribution in [1.29, 1.82) is 0 Å². The molecule has 0 atom stereocenters. The van der Waals surface area contributed by atoms with E-state index in [-0.39, 0.29) is 29.0 Å². The average Bonchev–Trinajstić information content (AvgIpc) is 3.17. The third-order valence-electron chi connectivity index (χ3n) is 8.32. The molecule has 50 heteroatoms. The summed E-state index contributed by atoms with van der Waals surface area (Å²) in [5.41, 5.74) is 0. The van der Waals surface area contributed by atoms with Gasteiger partial charge in [0.25, 0.3) is 9.19 Å². The molecule has 0 saturated heterocycles. The molecule has 0 rings (SSSR count). The Bertz CT molecular complexity index is 962. The highest BCUT2D eigenvalue weighted by Gasteiger charge is 2.55. The summed E-state index contributed by atoms with van der Waals surface area (Å²) in [5, 5.41) is 37.4. The van der Waals surface area contributed by atoms with Crippen LogP contribution in [0.15, 0.2) is 0 Å². The van der Waals surface area contributed by atoms with Gasteiger partial charge in [-0.25, -0.2) is 0 Å². The number of aliphatic hydroxyl groups is 3. The highest BCUT2D eigenvalue weighted by molar-refractivity contribution is 14.3. The van der Waals surface area contributed by atoms with E-state index in [0.717, 1.165) is 0 Å². The number of nitrogens with zero attached hydrogens (tertiary/aromatic N) is 1. The molecule has 0 aliphatic carbocycles. The van der Waals surface area contributed by atoms with Gasteiger partial charge in [0.15, 0.2) is 74.2 Å². The van der Waals surface area contributed by atoms with Gasteiger partial charge >= 0.3 is 0 Å². The lowest BCUT2D eigenvalue weighted by molar-refractivity contribution is 0.284. The molecule has 56 heavy (non-hydrogen) atoms. The van der Waals surface area contributed by atoms with Crippen molar-refractivity contribution in [3.8, 4) is 0 Å². The van der Waals surface area contributed by atoms with Crippen LogP contribution < -0.4 is 10.5 Å². The van der Waals surface area contributed by atoms with Gasteiger partial charge in [-0.2, -0.15) is 313 Å². The highest BCUT2D eigenvalue weighted by Crippen LogP contribution is 2.32. The van der Waals surface area contributed by atoms with Gasteiger partial charge in [-0.3, -0.25) is 0 Å². The first-order chi connectivity index (χ1) is 26.0. The van der Waals surface area contributed by atoms with E-state index in [1.165, 1.54) is 28.2 Å².